The predicted molar refractivity (Wildman–Crippen MR) is 67.9 cm³/mol. The van der Waals surface area contributed by atoms with Crippen LogP contribution in [0, 0.1) is 6.92 Å². The van der Waals surface area contributed by atoms with Crippen molar-refractivity contribution in [2.45, 2.75) is 20.3 Å². The first-order valence-electron chi connectivity index (χ1n) is 6.07. The Morgan fingerprint density at radius 3 is 2.58 bits per heavy atom. The number of aryl methyl sites for hydroxylation is 1. The minimum Gasteiger partial charge on any atom is -0.466 e. The van der Waals surface area contributed by atoms with E-state index < -0.39 is 5.97 Å². The van der Waals surface area contributed by atoms with E-state index in [9.17, 15) is 14.4 Å². The van der Waals surface area contributed by atoms with Crippen LogP contribution in [0.25, 0.3) is 0 Å². The van der Waals surface area contributed by atoms with E-state index in [1.807, 2.05) is 6.92 Å². The molecule has 1 aliphatic rings. The van der Waals surface area contributed by atoms with E-state index in [1.54, 1.807) is 19.1 Å². The molecule has 1 aliphatic heterocycles. The van der Waals surface area contributed by atoms with Crippen molar-refractivity contribution in [2.24, 2.45) is 0 Å². The second kappa shape index (κ2) is 4.84. The number of carbonyl (C=O) groups is 3. The molecule has 19 heavy (non-hydrogen) atoms. The molecular formula is C14H15NO4. The molecule has 0 N–H and O–H groups in total. The number of amides is 2. The number of hydrogen-bond acceptors (Lipinski definition) is 4. The Balaban J connectivity index is 2.47. The van der Waals surface area contributed by atoms with Gasteiger partial charge in [-0.05, 0) is 31.0 Å². The molecule has 5 nitrogen and oxygen atoms in total. The molecule has 1 aromatic rings. The number of nitrogens with zero attached hydrogens (tertiary/aromatic N) is 1. The van der Waals surface area contributed by atoms with Crippen molar-refractivity contribution in [1.29, 1.82) is 0 Å². The molecule has 0 saturated carbocycles. The van der Waals surface area contributed by atoms with Gasteiger partial charge in [-0.1, -0.05) is 6.07 Å². The largest absolute Gasteiger partial charge is 0.466 e. The third-order valence-corrected chi connectivity index (χ3v) is 3.06. The lowest BCUT2D eigenvalue weighted by atomic mass is 9.97. The van der Waals surface area contributed by atoms with Crippen LogP contribution < -0.4 is 0 Å². The third kappa shape index (κ3) is 2.23. The second-order valence-corrected chi connectivity index (χ2v) is 4.50. The summed E-state index contributed by atoms with van der Waals surface area (Å²) in [6.07, 6.45) is 0.00468. The highest BCUT2D eigenvalue weighted by atomic mass is 16.5. The minimum absolute atomic E-state index is 0.00468. The second-order valence-electron chi connectivity index (χ2n) is 4.50. The molecule has 2 amide bonds. The Kier molecular flexibility index (Phi) is 3.38. The Bertz CT molecular complexity index is 577. The molecule has 0 fully saturated rings. The van der Waals surface area contributed by atoms with Crippen LogP contribution in [0.15, 0.2) is 12.1 Å². The monoisotopic (exact) mass is 261 g/mol. The van der Waals surface area contributed by atoms with Crippen LogP contribution in [-0.2, 0) is 16.0 Å². The summed E-state index contributed by atoms with van der Waals surface area (Å²) >= 11 is 0. The van der Waals surface area contributed by atoms with Gasteiger partial charge in [-0.25, -0.2) is 0 Å². The molecule has 0 saturated heterocycles. The Morgan fingerprint density at radius 1 is 1.26 bits per heavy atom. The molecule has 100 valence electrons. The molecule has 1 aromatic carbocycles. The average Bonchev–Trinajstić information content (AvgIpc) is 2.55. The number of rotatable bonds is 3. The van der Waals surface area contributed by atoms with Gasteiger partial charge in [0.15, 0.2) is 0 Å². The van der Waals surface area contributed by atoms with Crippen molar-refractivity contribution in [3.05, 3.63) is 34.4 Å². The Labute approximate surface area is 111 Å². The summed E-state index contributed by atoms with van der Waals surface area (Å²) in [4.78, 5) is 36.6. The summed E-state index contributed by atoms with van der Waals surface area (Å²) in [5, 5.41) is 0. The normalized spacial score (nSPS) is 13.7. The quantitative estimate of drug-likeness (QED) is 0.608. The molecule has 0 bridgehead atoms. The van der Waals surface area contributed by atoms with E-state index in [0.29, 0.717) is 23.3 Å². The van der Waals surface area contributed by atoms with Gasteiger partial charge in [0.2, 0.25) is 0 Å². The summed E-state index contributed by atoms with van der Waals surface area (Å²) in [7, 11) is 1.44. The Morgan fingerprint density at radius 2 is 1.95 bits per heavy atom. The highest BCUT2D eigenvalue weighted by molar-refractivity contribution is 6.22. The number of hydrogen-bond donors (Lipinski definition) is 0. The molecular weight excluding hydrogens is 246 g/mol. The van der Waals surface area contributed by atoms with Gasteiger partial charge in [0, 0.05) is 7.05 Å². The lowest BCUT2D eigenvalue weighted by molar-refractivity contribution is -0.142. The predicted octanol–water partition coefficient (Wildman–Crippen LogP) is 1.33. The SMILES string of the molecule is CCOC(=O)Cc1cc(C)cc2c1C(=O)N(C)C2=O. The maximum absolute atomic E-state index is 12.0. The van der Waals surface area contributed by atoms with E-state index >= 15 is 0 Å². The van der Waals surface area contributed by atoms with Gasteiger partial charge < -0.3 is 4.74 Å². The number of imide groups is 1. The number of ether oxygens (including phenoxy) is 1. The van der Waals surface area contributed by atoms with Crippen LogP contribution in [0.5, 0.6) is 0 Å². The summed E-state index contributed by atoms with van der Waals surface area (Å²) in [6.45, 7) is 3.84. The van der Waals surface area contributed by atoms with E-state index in [1.165, 1.54) is 7.05 Å². The van der Waals surface area contributed by atoms with Gasteiger partial charge in [0.1, 0.15) is 0 Å². The summed E-state index contributed by atoms with van der Waals surface area (Å²) < 4.78 is 4.89. The van der Waals surface area contributed by atoms with Crippen molar-refractivity contribution in [3.8, 4) is 0 Å². The summed E-state index contributed by atoms with van der Waals surface area (Å²) in [5.74, 6) is -1.08. The lowest BCUT2D eigenvalue weighted by Gasteiger charge is -2.07. The molecule has 0 radical (unpaired) electrons. The van der Waals surface area contributed by atoms with E-state index in [4.69, 9.17) is 4.74 Å². The van der Waals surface area contributed by atoms with Gasteiger partial charge in [-0.15, -0.1) is 0 Å². The number of fused-ring (bicyclic) bond motifs is 1. The fourth-order valence-corrected chi connectivity index (χ4v) is 2.23. The average molecular weight is 261 g/mol. The van der Waals surface area contributed by atoms with E-state index in [2.05, 4.69) is 0 Å². The molecule has 0 spiro atoms. The van der Waals surface area contributed by atoms with Crippen LogP contribution in [0.1, 0.15) is 38.8 Å². The maximum Gasteiger partial charge on any atom is 0.310 e. The van der Waals surface area contributed by atoms with Crippen molar-refractivity contribution < 1.29 is 19.1 Å². The van der Waals surface area contributed by atoms with Gasteiger partial charge >= 0.3 is 5.97 Å². The molecule has 0 atom stereocenters. The van der Waals surface area contributed by atoms with Crippen LogP contribution in [0.4, 0.5) is 0 Å². The lowest BCUT2D eigenvalue weighted by Crippen LogP contribution is -2.24. The fraction of sp³-hybridized carbons (Fsp3) is 0.357. The highest BCUT2D eigenvalue weighted by Gasteiger charge is 2.35. The fourth-order valence-electron chi connectivity index (χ4n) is 2.23. The van der Waals surface area contributed by atoms with Gasteiger partial charge in [-0.3, -0.25) is 19.3 Å². The van der Waals surface area contributed by atoms with E-state index in [0.717, 1.165) is 10.5 Å². The van der Waals surface area contributed by atoms with Crippen LogP contribution in [-0.4, -0.2) is 36.3 Å². The first-order valence-corrected chi connectivity index (χ1v) is 6.07. The van der Waals surface area contributed by atoms with Gasteiger partial charge in [-0.2, -0.15) is 0 Å². The zero-order chi connectivity index (χ0) is 14.2. The van der Waals surface area contributed by atoms with Gasteiger partial charge in [0.25, 0.3) is 11.8 Å². The zero-order valence-corrected chi connectivity index (χ0v) is 11.1. The van der Waals surface area contributed by atoms with Crippen molar-refractivity contribution >= 4 is 17.8 Å². The molecule has 5 heteroatoms. The van der Waals surface area contributed by atoms with Crippen molar-refractivity contribution in [3.63, 3.8) is 0 Å². The Hall–Kier alpha value is -2.17. The smallest absolute Gasteiger partial charge is 0.310 e. The molecule has 0 unspecified atom stereocenters. The highest BCUT2D eigenvalue weighted by Crippen LogP contribution is 2.27. The molecule has 0 aromatic heterocycles. The first kappa shape index (κ1) is 13.3. The first-order chi connectivity index (χ1) is 8.95. The molecule has 0 aliphatic carbocycles. The van der Waals surface area contributed by atoms with Crippen molar-refractivity contribution in [2.75, 3.05) is 13.7 Å². The number of esters is 1. The van der Waals surface area contributed by atoms with E-state index in [-0.39, 0.29) is 18.2 Å². The number of benzene rings is 1. The standard InChI is InChI=1S/C14H15NO4/c1-4-19-11(16)7-9-5-8(2)6-10-12(9)14(18)15(3)13(10)17/h5-6H,4,7H2,1-3H3. The summed E-state index contributed by atoms with van der Waals surface area (Å²) in [6, 6.07) is 3.42. The van der Waals surface area contributed by atoms with Crippen LogP contribution >= 0.6 is 0 Å². The third-order valence-electron chi connectivity index (χ3n) is 3.06. The minimum atomic E-state index is -0.398. The van der Waals surface area contributed by atoms with Crippen LogP contribution in [0.2, 0.25) is 0 Å². The molecule has 1 heterocycles. The molecule has 2 rings (SSSR count). The topological polar surface area (TPSA) is 63.7 Å². The zero-order valence-electron chi connectivity index (χ0n) is 11.1. The van der Waals surface area contributed by atoms with Crippen molar-refractivity contribution in [1.82, 2.24) is 4.90 Å². The van der Waals surface area contributed by atoms with Crippen LogP contribution in [0.3, 0.4) is 0 Å². The summed E-state index contributed by atoms with van der Waals surface area (Å²) in [5.41, 5.74) is 2.09. The maximum atomic E-state index is 12.0. The number of carbonyl (C=O) groups excluding carboxylic acids is 3. The van der Waals surface area contributed by atoms with Gasteiger partial charge in [0.05, 0.1) is 24.2 Å².